The summed E-state index contributed by atoms with van der Waals surface area (Å²) in [5.74, 6) is -0.544. The Morgan fingerprint density at radius 3 is 2.88 bits per heavy atom. The number of anilines is 1. The average Bonchev–Trinajstić information content (AvgIpc) is 2.73. The Bertz CT molecular complexity index is 511. The number of carbonyl (C=O) groups is 1. The fraction of sp³-hybridized carbons (Fsp3) is 0. The van der Waals surface area contributed by atoms with Crippen LogP contribution in [-0.2, 0) is 0 Å². The summed E-state index contributed by atoms with van der Waals surface area (Å²) in [6.07, 6.45) is 1.41. The number of H-pyrrole nitrogens is 1. The van der Waals surface area contributed by atoms with Crippen molar-refractivity contribution in [2.75, 3.05) is 5.73 Å². The molecule has 16 heavy (non-hydrogen) atoms. The lowest BCUT2D eigenvalue weighted by atomic mass is 10.2. The van der Waals surface area contributed by atoms with Crippen LogP contribution in [0.15, 0.2) is 34.6 Å². The lowest BCUT2D eigenvalue weighted by molar-refractivity contribution is 0.100. The maximum Gasteiger partial charge on any atom is 0.250 e. The van der Waals surface area contributed by atoms with E-state index in [1.807, 2.05) is 0 Å². The minimum absolute atomic E-state index is 0.310. The Morgan fingerprint density at radius 2 is 2.25 bits per heavy atom. The van der Waals surface area contributed by atoms with Gasteiger partial charge in [-0.1, -0.05) is 11.8 Å². The molecule has 0 aliphatic rings. The first-order valence-electron chi connectivity index (χ1n) is 4.39. The molecule has 0 saturated heterocycles. The van der Waals surface area contributed by atoms with Crippen LogP contribution < -0.4 is 11.5 Å². The van der Waals surface area contributed by atoms with Gasteiger partial charge in [0.15, 0.2) is 5.16 Å². The highest BCUT2D eigenvalue weighted by atomic mass is 32.2. The largest absolute Gasteiger partial charge is 0.398 e. The van der Waals surface area contributed by atoms with Crippen molar-refractivity contribution in [1.29, 1.82) is 0 Å². The number of aromatic nitrogens is 3. The van der Waals surface area contributed by atoms with E-state index in [9.17, 15) is 4.79 Å². The van der Waals surface area contributed by atoms with Gasteiger partial charge in [-0.3, -0.25) is 9.89 Å². The second kappa shape index (κ2) is 4.23. The van der Waals surface area contributed by atoms with E-state index in [1.54, 1.807) is 18.2 Å². The van der Waals surface area contributed by atoms with E-state index in [2.05, 4.69) is 15.2 Å². The fourth-order valence-electron chi connectivity index (χ4n) is 1.17. The Labute approximate surface area is 95.4 Å². The Morgan fingerprint density at radius 1 is 1.44 bits per heavy atom. The zero-order chi connectivity index (χ0) is 11.5. The van der Waals surface area contributed by atoms with E-state index in [1.165, 1.54) is 18.1 Å². The zero-order valence-electron chi connectivity index (χ0n) is 8.18. The van der Waals surface area contributed by atoms with Crippen molar-refractivity contribution in [3.8, 4) is 0 Å². The van der Waals surface area contributed by atoms with Crippen LogP contribution in [0.3, 0.4) is 0 Å². The van der Waals surface area contributed by atoms with Crippen molar-refractivity contribution >= 4 is 23.4 Å². The normalized spacial score (nSPS) is 10.2. The van der Waals surface area contributed by atoms with Crippen molar-refractivity contribution in [3.63, 3.8) is 0 Å². The van der Waals surface area contributed by atoms with Gasteiger partial charge >= 0.3 is 0 Å². The molecule has 5 N–H and O–H groups in total. The number of nitrogens with one attached hydrogen (secondary N) is 1. The summed E-state index contributed by atoms with van der Waals surface area (Å²) in [5, 5.41) is 7.06. The predicted molar refractivity (Wildman–Crippen MR) is 59.9 cm³/mol. The summed E-state index contributed by atoms with van der Waals surface area (Å²) >= 11 is 1.34. The van der Waals surface area contributed by atoms with Gasteiger partial charge in [-0.15, -0.1) is 0 Å². The average molecular weight is 235 g/mol. The molecule has 2 aromatic rings. The van der Waals surface area contributed by atoms with Crippen LogP contribution in [0.1, 0.15) is 10.4 Å². The number of benzene rings is 1. The highest BCUT2D eigenvalue weighted by Crippen LogP contribution is 2.26. The van der Waals surface area contributed by atoms with Crippen LogP contribution in [-0.4, -0.2) is 21.1 Å². The van der Waals surface area contributed by atoms with Gasteiger partial charge in [0, 0.05) is 10.6 Å². The van der Waals surface area contributed by atoms with E-state index in [-0.39, 0.29) is 0 Å². The van der Waals surface area contributed by atoms with Crippen molar-refractivity contribution in [1.82, 2.24) is 15.2 Å². The highest BCUT2D eigenvalue weighted by Gasteiger charge is 2.08. The van der Waals surface area contributed by atoms with Gasteiger partial charge in [-0.05, 0) is 18.2 Å². The molecule has 0 aliphatic heterocycles. The van der Waals surface area contributed by atoms with E-state index in [0.29, 0.717) is 16.4 Å². The van der Waals surface area contributed by atoms with Crippen LogP contribution in [0, 0.1) is 0 Å². The summed E-state index contributed by atoms with van der Waals surface area (Å²) in [7, 11) is 0. The van der Waals surface area contributed by atoms with Crippen LogP contribution in [0.2, 0.25) is 0 Å². The maximum atomic E-state index is 11.1. The first-order valence-corrected chi connectivity index (χ1v) is 5.21. The number of nitrogen functional groups attached to an aromatic ring is 1. The van der Waals surface area contributed by atoms with Crippen molar-refractivity contribution in [2.45, 2.75) is 10.1 Å². The number of nitrogens with two attached hydrogens (primary N) is 2. The number of primary amides is 1. The molecule has 0 saturated carbocycles. The molecule has 2 rings (SSSR count). The third-order valence-corrected chi connectivity index (χ3v) is 2.78. The van der Waals surface area contributed by atoms with Gasteiger partial charge in [-0.2, -0.15) is 5.10 Å². The monoisotopic (exact) mass is 235 g/mol. The third-order valence-electron chi connectivity index (χ3n) is 1.90. The van der Waals surface area contributed by atoms with Gasteiger partial charge in [0.2, 0.25) is 0 Å². The van der Waals surface area contributed by atoms with Gasteiger partial charge < -0.3 is 11.5 Å². The molecule has 0 bridgehead atoms. The summed E-state index contributed by atoms with van der Waals surface area (Å²) in [6.45, 7) is 0. The Hall–Kier alpha value is -2.02. The molecule has 1 aromatic heterocycles. The molecule has 1 aromatic carbocycles. The molecule has 0 atom stereocenters. The Balaban J connectivity index is 2.29. The van der Waals surface area contributed by atoms with Crippen LogP contribution in [0.4, 0.5) is 5.69 Å². The molecule has 6 nitrogen and oxygen atoms in total. The number of amides is 1. The minimum atomic E-state index is -0.544. The first-order chi connectivity index (χ1) is 7.66. The molecular formula is C9H9N5OS. The topological polar surface area (TPSA) is 111 Å². The number of hydrogen-bond acceptors (Lipinski definition) is 5. The van der Waals surface area contributed by atoms with Crippen LogP contribution >= 0.6 is 11.8 Å². The fourth-order valence-corrected chi connectivity index (χ4v) is 1.90. The number of aromatic amines is 1. The van der Waals surface area contributed by atoms with Crippen molar-refractivity contribution in [2.24, 2.45) is 5.73 Å². The molecule has 0 fully saturated rings. The van der Waals surface area contributed by atoms with Gasteiger partial charge in [-0.25, -0.2) is 4.98 Å². The second-order valence-corrected chi connectivity index (χ2v) is 4.07. The van der Waals surface area contributed by atoms with Crippen LogP contribution in [0.5, 0.6) is 0 Å². The molecule has 82 valence electrons. The minimum Gasteiger partial charge on any atom is -0.398 e. The molecule has 0 unspecified atom stereocenters. The molecule has 0 aliphatic carbocycles. The van der Waals surface area contributed by atoms with Gasteiger partial charge in [0.05, 0.1) is 5.56 Å². The van der Waals surface area contributed by atoms with E-state index in [0.717, 1.165) is 4.90 Å². The van der Waals surface area contributed by atoms with E-state index < -0.39 is 5.91 Å². The van der Waals surface area contributed by atoms with Gasteiger partial charge in [0.25, 0.3) is 5.91 Å². The highest BCUT2D eigenvalue weighted by molar-refractivity contribution is 7.99. The summed E-state index contributed by atoms with van der Waals surface area (Å²) in [5.41, 5.74) is 11.5. The summed E-state index contributed by atoms with van der Waals surface area (Å²) < 4.78 is 0. The third kappa shape index (κ3) is 2.14. The summed E-state index contributed by atoms with van der Waals surface area (Å²) in [4.78, 5) is 15.9. The first kappa shape index (κ1) is 10.5. The van der Waals surface area contributed by atoms with Crippen LogP contribution in [0.25, 0.3) is 0 Å². The lowest BCUT2D eigenvalue weighted by Crippen LogP contribution is -2.13. The summed E-state index contributed by atoms with van der Waals surface area (Å²) in [6, 6.07) is 5.05. The molecule has 1 heterocycles. The molecular weight excluding hydrogens is 226 g/mol. The number of rotatable bonds is 3. The molecule has 0 radical (unpaired) electrons. The second-order valence-electron chi connectivity index (χ2n) is 3.01. The smallest absolute Gasteiger partial charge is 0.250 e. The number of carbonyl (C=O) groups excluding carboxylic acids is 1. The zero-order valence-corrected chi connectivity index (χ0v) is 8.99. The van der Waals surface area contributed by atoms with Gasteiger partial charge in [0.1, 0.15) is 6.33 Å². The Kier molecular flexibility index (Phi) is 2.78. The molecule has 1 amide bonds. The maximum absolute atomic E-state index is 11.1. The predicted octanol–water partition coefficient (Wildman–Crippen LogP) is 0.637. The lowest BCUT2D eigenvalue weighted by Gasteiger charge is -2.03. The number of nitrogens with zero attached hydrogens (tertiary/aromatic N) is 2. The number of hydrogen-bond donors (Lipinski definition) is 3. The SMILES string of the molecule is NC(=O)c1cc(Sc2ncn[nH]2)ccc1N. The molecule has 0 spiro atoms. The van der Waals surface area contributed by atoms with Crippen molar-refractivity contribution < 1.29 is 4.79 Å². The molecule has 7 heteroatoms. The van der Waals surface area contributed by atoms with E-state index >= 15 is 0 Å². The quantitative estimate of drug-likeness (QED) is 0.676. The van der Waals surface area contributed by atoms with E-state index in [4.69, 9.17) is 11.5 Å². The van der Waals surface area contributed by atoms with Crippen molar-refractivity contribution in [3.05, 3.63) is 30.1 Å². The standard InChI is InChI=1S/C9H9N5OS/c10-7-2-1-5(3-6(7)8(11)15)16-9-12-4-13-14-9/h1-4H,10H2,(H2,11,15)(H,12,13,14).